The van der Waals surface area contributed by atoms with E-state index in [1.165, 1.54) is 0 Å². The molecule has 0 saturated carbocycles. The summed E-state index contributed by atoms with van der Waals surface area (Å²) in [5.74, 6) is -0.0794. The summed E-state index contributed by atoms with van der Waals surface area (Å²) in [5.41, 5.74) is 5.36. The lowest BCUT2D eigenvalue weighted by Gasteiger charge is -2.23. The Balaban J connectivity index is 2.30. The Kier molecular flexibility index (Phi) is 3.73. The van der Waals surface area contributed by atoms with Crippen molar-refractivity contribution in [2.75, 3.05) is 19.8 Å². The van der Waals surface area contributed by atoms with Gasteiger partial charge in [0.25, 0.3) is 0 Å². The lowest BCUT2D eigenvalue weighted by molar-refractivity contribution is -0.126. The SMILES string of the molecule is CC(C)(C)CCNC(=O)C1(N)CCOC1. The molecule has 88 valence electrons. The number of ether oxygens (including phenoxy) is 1. The van der Waals surface area contributed by atoms with Gasteiger partial charge in [-0.15, -0.1) is 0 Å². The fraction of sp³-hybridized carbons (Fsp3) is 0.909. The van der Waals surface area contributed by atoms with Crippen LogP contribution in [0.3, 0.4) is 0 Å². The molecule has 1 fully saturated rings. The van der Waals surface area contributed by atoms with Gasteiger partial charge in [0.15, 0.2) is 0 Å². The molecular weight excluding hydrogens is 192 g/mol. The fourth-order valence-electron chi connectivity index (χ4n) is 1.49. The van der Waals surface area contributed by atoms with E-state index in [1.54, 1.807) is 0 Å². The van der Waals surface area contributed by atoms with Gasteiger partial charge in [-0.25, -0.2) is 0 Å². The third-order valence-corrected chi connectivity index (χ3v) is 2.66. The molecule has 1 heterocycles. The Labute approximate surface area is 91.5 Å². The van der Waals surface area contributed by atoms with E-state index in [0.717, 1.165) is 6.42 Å². The van der Waals surface area contributed by atoms with Gasteiger partial charge in [0.1, 0.15) is 5.54 Å². The number of carbonyl (C=O) groups excluding carboxylic acids is 1. The molecule has 0 aromatic heterocycles. The molecule has 0 spiro atoms. The Morgan fingerprint density at radius 2 is 2.20 bits per heavy atom. The van der Waals surface area contributed by atoms with Crippen molar-refractivity contribution in [1.29, 1.82) is 0 Å². The van der Waals surface area contributed by atoms with Gasteiger partial charge < -0.3 is 15.8 Å². The molecule has 15 heavy (non-hydrogen) atoms. The van der Waals surface area contributed by atoms with Gasteiger partial charge in [0.05, 0.1) is 6.61 Å². The van der Waals surface area contributed by atoms with E-state index in [-0.39, 0.29) is 11.3 Å². The first-order chi connectivity index (χ1) is 6.83. The monoisotopic (exact) mass is 214 g/mol. The first kappa shape index (κ1) is 12.5. The van der Waals surface area contributed by atoms with Crippen molar-refractivity contribution in [1.82, 2.24) is 5.32 Å². The zero-order chi connectivity index (χ0) is 11.5. The standard InChI is InChI=1S/C11H22N2O2/c1-10(2,3)4-6-13-9(14)11(12)5-7-15-8-11/h4-8,12H2,1-3H3,(H,13,14). The van der Waals surface area contributed by atoms with Gasteiger partial charge in [-0.3, -0.25) is 4.79 Å². The smallest absolute Gasteiger partial charge is 0.242 e. The first-order valence-corrected chi connectivity index (χ1v) is 5.48. The molecule has 0 bridgehead atoms. The zero-order valence-electron chi connectivity index (χ0n) is 9.93. The predicted octanol–water partition coefficient (Wildman–Crippen LogP) is 0.657. The molecule has 1 aliphatic rings. The van der Waals surface area contributed by atoms with E-state index in [1.807, 2.05) is 0 Å². The second-order valence-corrected chi connectivity index (χ2v) is 5.53. The van der Waals surface area contributed by atoms with E-state index in [9.17, 15) is 4.79 Å². The van der Waals surface area contributed by atoms with Gasteiger partial charge in [-0.1, -0.05) is 20.8 Å². The Bertz CT molecular complexity index is 227. The Morgan fingerprint density at radius 3 is 2.67 bits per heavy atom. The molecule has 1 unspecified atom stereocenters. The summed E-state index contributed by atoms with van der Waals surface area (Å²) < 4.78 is 5.14. The molecule has 0 aliphatic carbocycles. The normalized spacial score (nSPS) is 26.7. The third-order valence-electron chi connectivity index (χ3n) is 2.66. The molecular formula is C11H22N2O2. The van der Waals surface area contributed by atoms with E-state index >= 15 is 0 Å². The molecule has 3 N–H and O–H groups in total. The highest BCUT2D eigenvalue weighted by Crippen LogP contribution is 2.18. The molecule has 1 amide bonds. The maximum absolute atomic E-state index is 11.7. The molecule has 1 aliphatic heterocycles. The first-order valence-electron chi connectivity index (χ1n) is 5.48. The number of amides is 1. The molecule has 0 aromatic rings. The van der Waals surface area contributed by atoms with Crippen molar-refractivity contribution in [3.63, 3.8) is 0 Å². The lowest BCUT2D eigenvalue weighted by Crippen LogP contribution is -2.54. The number of nitrogens with two attached hydrogens (primary N) is 1. The minimum Gasteiger partial charge on any atom is -0.379 e. The zero-order valence-corrected chi connectivity index (χ0v) is 9.93. The molecule has 1 saturated heterocycles. The van der Waals surface area contributed by atoms with Crippen LogP contribution < -0.4 is 11.1 Å². The van der Waals surface area contributed by atoms with E-state index < -0.39 is 5.54 Å². The Hall–Kier alpha value is -0.610. The molecule has 4 nitrogen and oxygen atoms in total. The second-order valence-electron chi connectivity index (χ2n) is 5.53. The van der Waals surface area contributed by atoms with Crippen molar-refractivity contribution in [2.45, 2.75) is 39.2 Å². The van der Waals surface area contributed by atoms with Crippen LogP contribution in [0.1, 0.15) is 33.6 Å². The lowest BCUT2D eigenvalue weighted by atomic mass is 9.92. The molecule has 0 radical (unpaired) electrons. The molecule has 1 atom stereocenters. The van der Waals surface area contributed by atoms with Gasteiger partial charge in [-0.2, -0.15) is 0 Å². The van der Waals surface area contributed by atoms with Crippen LogP contribution in [0.25, 0.3) is 0 Å². The summed E-state index contributed by atoms with van der Waals surface area (Å²) in [6, 6.07) is 0. The van der Waals surface area contributed by atoms with Crippen LogP contribution in [0.2, 0.25) is 0 Å². The van der Waals surface area contributed by atoms with Gasteiger partial charge in [-0.05, 0) is 18.3 Å². The minimum absolute atomic E-state index is 0.0794. The fourth-order valence-corrected chi connectivity index (χ4v) is 1.49. The van der Waals surface area contributed by atoms with Gasteiger partial charge in [0.2, 0.25) is 5.91 Å². The van der Waals surface area contributed by atoms with Crippen molar-refractivity contribution < 1.29 is 9.53 Å². The van der Waals surface area contributed by atoms with Crippen LogP contribution in [0.4, 0.5) is 0 Å². The van der Waals surface area contributed by atoms with Crippen LogP contribution >= 0.6 is 0 Å². The van der Waals surface area contributed by atoms with E-state index in [0.29, 0.717) is 26.2 Å². The van der Waals surface area contributed by atoms with Crippen LogP contribution in [0, 0.1) is 5.41 Å². The summed E-state index contributed by atoms with van der Waals surface area (Å²) in [7, 11) is 0. The number of carbonyl (C=O) groups is 1. The second kappa shape index (κ2) is 4.49. The average molecular weight is 214 g/mol. The van der Waals surface area contributed by atoms with Gasteiger partial charge in [0, 0.05) is 13.2 Å². The van der Waals surface area contributed by atoms with E-state index in [2.05, 4.69) is 26.1 Å². The number of hydrogen-bond donors (Lipinski definition) is 2. The number of hydrogen-bond acceptors (Lipinski definition) is 3. The minimum atomic E-state index is -0.794. The summed E-state index contributed by atoms with van der Waals surface area (Å²) >= 11 is 0. The van der Waals surface area contributed by atoms with E-state index in [4.69, 9.17) is 10.5 Å². The largest absolute Gasteiger partial charge is 0.379 e. The highest BCUT2D eigenvalue weighted by molar-refractivity contribution is 5.86. The third kappa shape index (κ3) is 3.80. The summed E-state index contributed by atoms with van der Waals surface area (Å²) in [6.07, 6.45) is 1.57. The van der Waals surface area contributed by atoms with Crippen molar-refractivity contribution in [3.8, 4) is 0 Å². The topological polar surface area (TPSA) is 64.4 Å². The van der Waals surface area contributed by atoms with Crippen LogP contribution in [0.15, 0.2) is 0 Å². The molecule has 1 rings (SSSR count). The molecule has 4 heteroatoms. The summed E-state index contributed by atoms with van der Waals surface area (Å²) in [5, 5.41) is 2.88. The van der Waals surface area contributed by atoms with Crippen molar-refractivity contribution in [3.05, 3.63) is 0 Å². The van der Waals surface area contributed by atoms with Crippen LogP contribution in [-0.2, 0) is 9.53 Å². The van der Waals surface area contributed by atoms with Crippen LogP contribution in [-0.4, -0.2) is 31.2 Å². The predicted molar refractivity (Wildman–Crippen MR) is 59.4 cm³/mol. The highest BCUT2D eigenvalue weighted by Gasteiger charge is 2.37. The maximum Gasteiger partial charge on any atom is 0.242 e. The number of nitrogens with one attached hydrogen (secondary N) is 1. The van der Waals surface area contributed by atoms with Crippen molar-refractivity contribution >= 4 is 5.91 Å². The summed E-state index contributed by atoms with van der Waals surface area (Å²) in [4.78, 5) is 11.7. The maximum atomic E-state index is 11.7. The van der Waals surface area contributed by atoms with Crippen LogP contribution in [0.5, 0.6) is 0 Å². The number of rotatable bonds is 3. The van der Waals surface area contributed by atoms with Crippen molar-refractivity contribution in [2.24, 2.45) is 11.1 Å². The quantitative estimate of drug-likeness (QED) is 0.725. The average Bonchev–Trinajstić information content (AvgIpc) is 2.51. The highest BCUT2D eigenvalue weighted by atomic mass is 16.5. The molecule has 0 aromatic carbocycles. The Morgan fingerprint density at radius 1 is 1.53 bits per heavy atom. The summed E-state index contributed by atoms with van der Waals surface area (Å²) in [6.45, 7) is 8.06. The van der Waals surface area contributed by atoms with Gasteiger partial charge >= 0.3 is 0 Å².